The van der Waals surface area contributed by atoms with Crippen molar-refractivity contribution < 1.29 is 4.79 Å². The van der Waals surface area contributed by atoms with Crippen molar-refractivity contribution in [2.45, 2.75) is 12.5 Å². The van der Waals surface area contributed by atoms with Gasteiger partial charge in [0.2, 0.25) is 5.91 Å². The van der Waals surface area contributed by atoms with E-state index in [4.69, 9.17) is 11.5 Å². The minimum atomic E-state index is -0.551. The smallest absolute Gasteiger partial charge is 0.234 e. The van der Waals surface area contributed by atoms with Gasteiger partial charge in [-0.15, -0.1) is 0 Å². The highest BCUT2D eigenvalue weighted by molar-refractivity contribution is 7.07. The van der Waals surface area contributed by atoms with E-state index >= 15 is 0 Å². The van der Waals surface area contributed by atoms with Crippen molar-refractivity contribution in [1.29, 1.82) is 0 Å². The minimum Gasteiger partial charge on any atom is -0.368 e. The molecule has 11 heavy (non-hydrogen) atoms. The predicted molar refractivity (Wildman–Crippen MR) is 45.2 cm³/mol. The third-order valence-corrected chi connectivity index (χ3v) is 2.13. The van der Waals surface area contributed by atoms with Gasteiger partial charge in [0.1, 0.15) is 0 Å². The van der Waals surface area contributed by atoms with Crippen LogP contribution in [-0.2, 0) is 11.2 Å². The zero-order valence-electron chi connectivity index (χ0n) is 5.99. The second kappa shape index (κ2) is 3.50. The summed E-state index contributed by atoms with van der Waals surface area (Å²) in [6.45, 7) is 0. The molecule has 0 saturated heterocycles. The molecule has 0 fully saturated rings. The Labute approximate surface area is 69.0 Å². The fourth-order valence-electron chi connectivity index (χ4n) is 0.763. The zero-order chi connectivity index (χ0) is 8.27. The predicted octanol–water partition coefficient (Wildman–Crippen LogP) is 0.103. The number of carbonyl (C=O) groups is 1. The fraction of sp³-hybridized carbons (Fsp3) is 0.286. The van der Waals surface area contributed by atoms with Crippen molar-refractivity contribution in [2.24, 2.45) is 11.5 Å². The van der Waals surface area contributed by atoms with E-state index in [0.717, 1.165) is 5.56 Å². The number of carbonyl (C=O) groups excluding carboxylic acids is 1. The average Bonchev–Trinajstić information content (AvgIpc) is 2.39. The van der Waals surface area contributed by atoms with Gasteiger partial charge in [0, 0.05) is 0 Å². The van der Waals surface area contributed by atoms with Gasteiger partial charge in [-0.2, -0.15) is 11.3 Å². The molecule has 0 spiro atoms. The molecule has 3 nitrogen and oxygen atoms in total. The van der Waals surface area contributed by atoms with Gasteiger partial charge < -0.3 is 11.5 Å². The van der Waals surface area contributed by atoms with Gasteiger partial charge >= 0.3 is 0 Å². The summed E-state index contributed by atoms with van der Waals surface area (Å²) >= 11 is 1.59. The highest BCUT2D eigenvalue weighted by Gasteiger charge is 2.09. The lowest BCUT2D eigenvalue weighted by Gasteiger charge is -2.03. The first-order valence-corrected chi connectivity index (χ1v) is 4.20. The summed E-state index contributed by atoms with van der Waals surface area (Å²) in [7, 11) is 0. The van der Waals surface area contributed by atoms with Crippen molar-refractivity contribution in [1.82, 2.24) is 0 Å². The number of amides is 1. The number of hydrogen-bond acceptors (Lipinski definition) is 3. The van der Waals surface area contributed by atoms with Gasteiger partial charge in [0.05, 0.1) is 6.04 Å². The van der Waals surface area contributed by atoms with E-state index in [1.807, 2.05) is 16.8 Å². The maximum Gasteiger partial charge on any atom is 0.234 e. The third kappa shape index (κ3) is 2.32. The van der Waals surface area contributed by atoms with E-state index in [0.29, 0.717) is 6.42 Å². The molecule has 0 aliphatic rings. The molecule has 1 atom stereocenters. The van der Waals surface area contributed by atoms with Crippen LogP contribution >= 0.6 is 11.3 Å². The van der Waals surface area contributed by atoms with Crippen molar-refractivity contribution in [3.8, 4) is 0 Å². The Hall–Kier alpha value is -0.870. The number of rotatable bonds is 3. The van der Waals surface area contributed by atoms with E-state index < -0.39 is 11.9 Å². The summed E-state index contributed by atoms with van der Waals surface area (Å²) in [5.41, 5.74) is 11.5. The zero-order valence-corrected chi connectivity index (χ0v) is 6.80. The largest absolute Gasteiger partial charge is 0.368 e. The molecular formula is C7H10N2OS. The molecule has 1 aromatic heterocycles. The Balaban J connectivity index is 2.50. The Morgan fingerprint density at radius 1 is 1.73 bits per heavy atom. The molecule has 1 amide bonds. The quantitative estimate of drug-likeness (QED) is 0.675. The van der Waals surface area contributed by atoms with Crippen LogP contribution in [0.4, 0.5) is 0 Å². The number of primary amides is 1. The van der Waals surface area contributed by atoms with Crippen molar-refractivity contribution in [3.63, 3.8) is 0 Å². The Kier molecular flexibility index (Phi) is 2.62. The molecular weight excluding hydrogens is 160 g/mol. The molecule has 0 saturated carbocycles. The molecule has 0 aromatic carbocycles. The van der Waals surface area contributed by atoms with Crippen LogP contribution in [0.5, 0.6) is 0 Å². The Bertz CT molecular complexity index is 233. The lowest BCUT2D eigenvalue weighted by Crippen LogP contribution is -2.37. The summed E-state index contributed by atoms with van der Waals surface area (Å²) in [5, 5.41) is 3.91. The van der Waals surface area contributed by atoms with Crippen molar-refractivity contribution >= 4 is 17.2 Å². The maximum absolute atomic E-state index is 10.5. The lowest BCUT2D eigenvalue weighted by molar-refractivity contribution is -0.119. The van der Waals surface area contributed by atoms with Gasteiger partial charge in [0.15, 0.2) is 0 Å². The molecule has 60 valence electrons. The molecule has 4 N–H and O–H groups in total. The van der Waals surface area contributed by atoms with E-state index in [2.05, 4.69) is 0 Å². The number of nitrogens with two attached hydrogens (primary N) is 2. The molecule has 0 bridgehead atoms. The van der Waals surface area contributed by atoms with Gasteiger partial charge in [-0.3, -0.25) is 4.79 Å². The van der Waals surface area contributed by atoms with Crippen molar-refractivity contribution in [3.05, 3.63) is 22.4 Å². The van der Waals surface area contributed by atoms with E-state index in [9.17, 15) is 4.79 Å². The van der Waals surface area contributed by atoms with Gasteiger partial charge in [-0.05, 0) is 28.8 Å². The minimum absolute atomic E-state index is 0.448. The van der Waals surface area contributed by atoms with Gasteiger partial charge in [-0.1, -0.05) is 0 Å². The average molecular weight is 170 g/mol. The standard InChI is InChI=1S/C7H10N2OS/c8-6(7(9)10)3-5-1-2-11-4-5/h1-2,4,6H,3,8H2,(H2,9,10). The van der Waals surface area contributed by atoms with E-state index in [-0.39, 0.29) is 0 Å². The van der Waals surface area contributed by atoms with Crippen LogP contribution in [0.25, 0.3) is 0 Å². The number of hydrogen-bond donors (Lipinski definition) is 2. The monoisotopic (exact) mass is 170 g/mol. The maximum atomic E-state index is 10.5. The van der Waals surface area contributed by atoms with Crippen LogP contribution in [0.2, 0.25) is 0 Å². The van der Waals surface area contributed by atoms with Crippen LogP contribution in [0.3, 0.4) is 0 Å². The summed E-state index contributed by atoms with van der Waals surface area (Å²) in [6.07, 6.45) is 0.541. The van der Waals surface area contributed by atoms with Crippen LogP contribution < -0.4 is 11.5 Å². The van der Waals surface area contributed by atoms with E-state index in [1.165, 1.54) is 0 Å². The number of thiophene rings is 1. The summed E-state index contributed by atoms with van der Waals surface area (Å²) < 4.78 is 0. The highest BCUT2D eigenvalue weighted by Crippen LogP contribution is 2.07. The second-order valence-electron chi connectivity index (χ2n) is 2.34. The Morgan fingerprint density at radius 3 is 2.91 bits per heavy atom. The van der Waals surface area contributed by atoms with Crippen LogP contribution in [0.15, 0.2) is 16.8 Å². The summed E-state index contributed by atoms with van der Waals surface area (Å²) in [6, 6.07) is 1.39. The van der Waals surface area contributed by atoms with Gasteiger partial charge in [0.25, 0.3) is 0 Å². The first-order chi connectivity index (χ1) is 5.20. The lowest BCUT2D eigenvalue weighted by atomic mass is 10.1. The normalized spacial score (nSPS) is 12.8. The highest BCUT2D eigenvalue weighted by atomic mass is 32.1. The molecule has 0 aliphatic carbocycles. The fourth-order valence-corrected chi connectivity index (χ4v) is 1.44. The SMILES string of the molecule is NC(=O)C(N)Cc1ccsc1. The second-order valence-corrected chi connectivity index (χ2v) is 3.12. The molecule has 1 heterocycles. The molecule has 1 aromatic rings. The first kappa shape index (κ1) is 8.23. The summed E-state index contributed by atoms with van der Waals surface area (Å²) in [4.78, 5) is 10.5. The topological polar surface area (TPSA) is 69.1 Å². The first-order valence-electron chi connectivity index (χ1n) is 3.26. The molecule has 0 radical (unpaired) electrons. The molecule has 4 heteroatoms. The molecule has 1 unspecified atom stereocenters. The molecule has 0 aliphatic heterocycles. The Morgan fingerprint density at radius 2 is 2.45 bits per heavy atom. The van der Waals surface area contributed by atoms with Crippen LogP contribution in [-0.4, -0.2) is 11.9 Å². The van der Waals surface area contributed by atoms with Crippen molar-refractivity contribution in [2.75, 3.05) is 0 Å². The molecule has 1 rings (SSSR count). The van der Waals surface area contributed by atoms with Crippen LogP contribution in [0.1, 0.15) is 5.56 Å². The third-order valence-electron chi connectivity index (χ3n) is 1.40. The van der Waals surface area contributed by atoms with E-state index in [1.54, 1.807) is 11.3 Å². The van der Waals surface area contributed by atoms with Crippen LogP contribution in [0, 0.1) is 0 Å². The summed E-state index contributed by atoms with van der Waals surface area (Å²) in [5.74, 6) is -0.448. The van der Waals surface area contributed by atoms with Gasteiger partial charge in [-0.25, -0.2) is 0 Å².